The van der Waals surface area contributed by atoms with Gasteiger partial charge in [-0.2, -0.15) is 0 Å². The molecule has 1 saturated heterocycles. The van der Waals surface area contributed by atoms with Gasteiger partial charge in [-0.3, -0.25) is 4.79 Å². The molecule has 0 spiro atoms. The number of carbonyl (C=O) groups is 2. The van der Waals surface area contributed by atoms with Crippen LogP contribution in [0.5, 0.6) is 0 Å². The lowest BCUT2D eigenvalue weighted by atomic mass is 9.47. The first-order valence-corrected chi connectivity index (χ1v) is 15.6. The third-order valence-electron chi connectivity index (χ3n) is 11.9. The molecule has 1 unspecified atom stereocenters. The molecule has 4 aliphatic carbocycles. The van der Waals surface area contributed by atoms with Crippen molar-refractivity contribution in [1.82, 2.24) is 9.80 Å². The van der Waals surface area contributed by atoms with Gasteiger partial charge in [-0.25, -0.2) is 4.79 Å². The Kier molecular flexibility index (Phi) is 7.94. The van der Waals surface area contributed by atoms with Crippen LogP contribution in [-0.4, -0.2) is 65.3 Å². The molecule has 2 amide bonds. The van der Waals surface area contributed by atoms with Crippen LogP contribution >= 0.6 is 0 Å². The molecule has 5 aliphatic rings. The van der Waals surface area contributed by atoms with Gasteiger partial charge in [0, 0.05) is 32.6 Å². The van der Waals surface area contributed by atoms with E-state index >= 15 is 0 Å². The molecule has 1 N–H and O–H groups in total. The zero-order valence-electron chi connectivity index (χ0n) is 24.6. The van der Waals surface area contributed by atoms with Gasteiger partial charge in [-0.15, -0.1) is 0 Å². The van der Waals surface area contributed by atoms with Crippen molar-refractivity contribution in [2.24, 2.45) is 40.4 Å². The number of hydrogen-bond acceptors (Lipinski definition) is 4. The summed E-state index contributed by atoms with van der Waals surface area (Å²) < 4.78 is 5.31. The zero-order chi connectivity index (χ0) is 27.2. The molecule has 6 nitrogen and oxygen atoms in total. The molecule has 0 aromatic carbocycles. The molecular formula is C32H52N2O4. The number of rotatable bonds is 5. The average molecular weight is 529 g/mol. The van der Waals surface area contributed by atoms with Crippen molar-refractivity contribution in [2.45, 2.75) is 111 Å². The first-order chi connectivity index (χ1) is 18.0. The smallest absolute Gasteiger partial charge is 0.410 e. The number of fused-ring (bicyclic) bond motifs is 5. The van der Waals surface area contributed by atoms with Crippen LogP contribution in [0.3, 0.4) is 0 Å². The number of hydrogen-bond donors (Lipinski definition) is 1. The van der Waals surface area contributed by atoms with E-state index in [1.807, 2.05) is 18.7 Å². The summed E-state index contributed by atoms with van der Waals surface area (Å²) in [6, 6.07) is 0. The van der Waals surface area contributed by atoms with Gasteiger partial charge in [0.1, 0.15) is 0 Å². The van der Waals surface area contributed by atoms with E-state index in [4.69, 9.17) is 4.74 Å². The highest BCUT2D eigenvalue weighted by Gasteiger charge is 2.59. The number of allylic oxidation sites excluding steroid dienone is 1. The highest BCUT2D eigenvalue weighted by atomic mass is 16.6. The number of amides is 2. The molecule has 3 saturated carbocycles. The molecule has 214 valence electrons. The van der Waals surface area contributed by atoms with Gasteiger partial charge in [0.15, 0.2) is 0 Å². The van der Waals surface area contributed by atoms with Crippen molar-refractivity contribution in [3.8, 4) is 0 Å². The van der Waals surface area contributed by atoms with Crippen LogP contribution in [0, 0.1) is 40.4 Å². The first-order valence-electron chi connectivity index (χ1n) is 15.6. The van der Waals surface area contributed by atoms with E-state index < -0.39 is 0 Å². The Bertz CT molecular complexity index is 924. The van der Waals surface area contributed by atoms with Crippen LogP contribution in [0.15, 0.2) is 11.6 Å². The van der Waals surface area contributed by atoms with Gasteiger partial charge in [0.2, 0.25) is 5.91 Å². The van der Waals surface area contributed by atoms with Crippen molar-refractivity contribution in [1.29, 1.82) is 0 Å². The highest BCUT2D eigenvalue weighted by molar-refractivity contribution is 5.76. The third-order valence-corrected chi connectivity index (χ3v) is 11.9. The van der Waals surface area contributed by atoms with Crippen molar-refractivity contribution in [3.63, 3.8) is 0 Å². The number of aliphatic hydroxyl groups excluding tert-OH is 1. The SMILES string of the molecule is CC(C)OC(=O)N1CCN(C(=O)CCC(C)[C@H]2CC[C@H]3[C@@H]4CC=C5C[C@@H](O)CC[C@]5(C)[C@H]4CC[C@]23C)CC1. The van der Waals surface area contributed by atoms with Crippen molar-refractivity contribution in [2.75, 3.05) is 26.2 Å². The lowest BCUT2D eigenvalue weighted by Crippen LogP contribution is -2.51. The molecule has 0 aromatic rings. The Morgan fingerprint density at radius 1 is 1.00 bits per heavy atom. The Labute approximate surface area is 230 Å². The molecule has 0 aromatic heterocycles. The monoisotopic (exact) mass is 528 g/mol. The lowest BCUT2D eigenvalue weighted by molar-refractivity contribution is -0.133. The van der Waals surface area contributed by atoms with Crippen LogP contribution < -0.4 is 0 Å². The third kappa shape index (κ3) is 5.04. The zero-order valence-corrected chi connectivity index (χ0v) is 24.6. The Balaban J connectivity index is 1.15. The summed E-state index contributed by atoms with van der Waals surface area (Å²) in [7, 11) is 0. The van der Waals surface area contributed by atoms with Gasteiger partial charge in [0.25, 0.3) is 0 Å². The van der Waals surface area contributed by atoms with Gasteiger partial charge < -0.3 is 19.6 Å². The average Bonchev–Trinajstić information content (AvgIpc) is 3.24. The molecule has 38 heavy (non-hydrogen) atoms. The number of piperazine rings is 1. The maximum atomic E-state index is 13.1. The predicted octanol–water partition coefficient (Wildman–Crippen LogP) is 6.03. The van der Waals surface area contributed by atoms with E-state index in [1.165, 1.54) is 32.1 Å². The summed E-state index contributed by atoms with van der Waals surface area (Å²) in [5.74, 6) is 3.87. The summed E-state index contributed by atoms with van der Waals surface area (Å²) in [6.45, 7) is 13.6. The second-order valence-corrected chi connectivity index (χ2v) is 14.2. The highest BCUT2D eigenvalue weighted by Crippen LogP contribution is 2.67. The van der Waals surface area contributed by atoms with Crippen molar-refractivity contribution in [3.05, 3.63) is 11.6 Å². The van der Waals surface area contributed by atoms with E-state index in [1.54, 1.807) is 10.5 Å². The standard InChI is InChI=1S/C32H52N2O4/c1-21(2)38-30(37)34-18-16-33(17-19-34)29(36)11-6-22(3)26-9-10-27-25-8-7-23-20-24(35)12-14-31(23,4)28(25)13-15-32(26,27)5/h7,21-22,24-28,35H,6,8-20H2,1-5H3/t22?,24-,25-,26+,27-,28-,31-,32+/m0/s1. The normalized spacial score (nSPS) is 39.7. The molecule has 8 atom stereocenters. The fourth-order valence-electron chi connectivity index (χ4n) is 9.74. The molecule has 1 aliphatic heterocycles. The molecule has 0 bridgehead atoms. The fourth-order valence-corrected chi connectivity index (χ4v) is 9.74. The Hall–Kier alpha value is -1.56. The molecule has 6 heteroatoms. The summed E-state index contributed by atoms with van der Waals surface area (Å²) >= 11 is 0. The van der Waals surface area contributed by atoms with Gasteiger partial charge in [-0.1, -0.05) is 32.4 Å². The van der Waals surface area contributed by atoms with Crippen LogP contribution in [0.25, 0.3) is 0 Å². The fraction of sp³-hybridized carbons (Fsp3) is 0.875. The molecular weight excluding hydrogens is 476 g/mol. The summed E-state index contributed by atoms with van der Waals surface area (Å²) in [4.78, 5) is 28.9. The quantitative estimate of drug-likeness (QED) is 0.442. The van der Waals surface area contributed by atoms with Crippen molar-refractivity contribution < 1.29 is 19.4 Å². The number of aliphatic hydroxyl groups is 1. The minimum absolute atomic E-state index is 0.118. The number of carbonyl (C=O) groups excluding carboxylic acids is 2. The molecule has 0 radical (unpaired) electrons. The molecule has 5 rings (SSSR count). The van der Waals surface area contributed by atoms with Gasteiger partial charge in [-0.05, 0) is 112 Å². The maximum Gasteiger partial charge on any atom is 0.410 e. The van der Waals surface area contributed by atoms with Crippen molar-refractivity contribution >= 4 is 12.0 Å². The lowest BCUT2D eigenvalue weighted by Gasteiger charge is -2.58. The second-order valence-electron chi connectivity index (χ2n) is 14.2. The van der Waals surface area contributed by atoms with Crippen LogP contribution in [0.4, 0.5) is 4.79 Å². The minimum Gasteiger partial charge on any atom is -0.447 e. The van der Waals surface area contributed by atoms with Crippen LogP contribution in [0.1, 0.15) is 98.8 Å². The van der Waals surface area contributed by atoms with E-state index in [0.29, 0.717) is 55.3 Å². The summed E-state index contributed by atoms with van der Waals surface area (Å²) in [6.07, 6.45) is 13.1. The predicted molar refractivity (Wildman–Crippen MR) is 149 cm³/mol. The minimum atomic E-state index is -0.265. The van der Waals surface area contributed by atoms with Gasteiger partial charge >= 0.3 is 6.09 Å². The molecule has 1 heterocycles. The number of ether oxygens (including phenoxy) is 1. The van der Waals surface area contributed by atoms with E-state index in [2.05, 4.69) is 26.8 Å². The van der Waals surface area contributed by atoms with E-state index in [0.717, 1.165) is 43.4 Å². The summed E-state index contributed by atoms with van der Waals surface area (Å²) in [5.41, 5.74) is 2.25. The second kappa shape index (κ2) is 10.8. The van der Waals surface area contributed by atoms with Crippen LogP contribution in [-0.2, 0) is 9.53 Å². The van der Waals surface area contributed by atoms with E-state index in [9.17, 15) is 14.7 Å². The largest absolute Gasteiger partial charge is 0.447 e. The van der Waals surface area contributed by atoms with E-state index in [-0.39, 0.29) is 24.2 Å². The number of nitrogens with zero attached hydrogens (tertiary/aromatic N) is 2. The van der Waals surface area contributed by atoms with Gasteiger partial charge in [0.05, 0.1) is 12.2 Å². The summed E-state index contributed by atoms with van der Waals surface area (Å²) in [5, 5.41) is 10.3. The molecule has 4 fully saturated rings. The van der Waals surface area contributed by atoms with Crippen LogP contribution in [0.2, 0.25) is 0 Å². The maximum absolute atomic E-state index is 13.1. The first kappa shape index (κ1) is 28.0. The topological polar surface area (TPSA) is 70.1 Å². The Morgan fingerprint density at radius 3 is 2.42 bits per heavy atom. The Morgan fingerprint density at radius 2 is 1.71 bits per heavy atom.